The number of nitrogens with one attached hydrogen (secondary N) is 2. The molecule has 2 saturated carbocycles. The molecule has 2 aliphatic rings. The van der Waals surface area contributed by atoms with Gasteiger partial charge in [0.1, 0.15) is 18.1 Å². The maximum Gasteiger partial charge on any atom is 0.305 e. The number of para-hydroxylation sites is 1. The van der Waals surface area contributed by atoms with Crippen LogP contribution in [0.25, 0.3) is 0 Å². The fourth-order valence-corrected chi connectivity index (χ4v) is 4.09. The number of rotatable bonds is 5. The van der Waals surface area contributed by atoms with Gasteiger partial charge in [0.05, 0.1) is 0 Å². The highest BCUT2D eigenvalue weighted by Crippen LogP contribution is 2.48. The zero-order valence-electron chi connectivity index (χ0n) is 14.4. The fraction of sp³-hybridized carbons (Fsp3) is 0.400. The van der Waals surface area contributed by atoms with Gasteiger partial charge in [-0.15, -0.1) is 0 Å². The van der Waals surface area contributed by atoms with Gasteiger partial charge in [0.15, 0.2) is 5.76 Å². The van der Waals surface area contributed by atoms with Crippen LogP contribution in [0.5, 0.6) is 5.75 Å². The Morgan fingerprint density at radius 2 is 1.88 bits per heavy atom. The Hall–Kier alpha value is -2.76. The Labute approximate surface area is 151 Å². The molecule has 1 aromatic carbocycles. The molecule has 136 valence electrons. The highest BCUT2D eigenvalue weighted by molar-refractivity contribution is 5.93. The summed E-state index contributed by atoms with van der Waals surface area (Å²) in [7, 11) is 0. The van der Waals surface area contributed by atoms with Crippen LogP contribution in [0.2, 0.25) is 0 Å². The van der Waals surface area contributed by atoms with Crippen molar-refractivity contribution in [2.75, 3.05) is 0 Å². The molecule has 0 radical (unpaired) electrons. The van der Waals surface area contributed by atoms with Gasteiger partial charge in [-0.3, -0.25) is 20.4 Å². The molecule has 2 aliphatic carbocycles. The number of carbonyl (C=O) groups excluding carboxylic acids is 2. The van der Waals surface area contributed by atoms with Crippen LogP contribution >= 0.6 is 0 Å². The molecule has 26 heavy (non-hydrogen) atoms. The molecular formula is C20H22N2O4. The first-order valence-electron chi connectivity index (χ1n) is 9.06. The maximum atomic E-state index is 12.3. The molecule has 0 spiro atoms. The van der Waals surface area contributed by atoms with Crippen molar-refractivity contribution in [2.24, 2.45) is 17.8 Å². The molecule has 2 N–H and O–H groups in total. The molecule has 2 amide bonds. The fourth-order valence-electron chi connectivity index (χ4n) is 4.09. The third-order valence-corrected chi connectivity index (χ3v) is 5.38. The lowest BCUT2D eigenvalue weighted by molar-refractivity contribution is -0.127. The van der Waals surface area contributed by atoms with Gasteiger partial charge in [0, 0.05) is 5.92 Å². The van der Waals surface area contributed by atoms with E-state index in [0.717, 1.165) is 25.0 Å². The van der Waals surface area contributed by atoms with Gasteiger partial charge < -0.3 is 9.15 Å². The largest absolute Gasteiger partial charge is 0.486 e. The summed E-state index contributed by atoms with van der Waals surface area (Å²) >= 11 is 0. The average Bonchev–Trinajstić information content (AvgIpc) is 3.41. The minimum absolute atomic E-state index is 0.0282. The molecule has 3 atom stereocenters. The van der Waals surface area contributed by atoms with E-state index >= 15 is 0 Å². The predicted octanol–water partition coefficient (Wildman–Crippen LogP) is 3.06. The van der Waals surface area contributed by atoms with Gasteiger partial charge in [0.2, 0.25) is 5.91 Å². The van der Waals surface area contributed by atoms with E-state index < -0.39 is 5.91 Å². The van der Waals surface area contributed by atoms with Crippen molar-refractivity contribution in [3.8, 4) is 5.75 Å². The summed E-state index contributed by atoms with van der Waals surface area (Å²) in [5, 5.41) is 0. The lowest BCUT2D eigenvalue weighted by Crippen LogP contribution is -2.45. The number of carbonyl (C=O) groups is 2. The molecule has 6 heteroatoms. The first-order chi connectivity index (χ1) is 12.7. The SMILES string of the molecule is O=C(NNC(=O)C1CC2CCC1C2)c1ccc(COc2ccccc2)o1. The first-order valence-corrected chi connectivity index (χ1v) is 9.06. The van der Waals surface area contributed by atoms with Gasteiger partial charge >= 0.3 is 5.91 Å². The number of hydrogen-bond donors (Lipinski definition) is 2. The van der Waals surface area contributed by atoms with E-state index in [1.165, 1.54) is 6.42 Å². The van der Waals surface area contributed by atoms with Crippen molar-refractivity contribution in [3.05, 3.63) is 54.0 Å². The van der Waals surface area contributed by atoms with Gasteiger partial charge in [-0.1, -0.05) is 24.6 Å². The number of furan rings is 1. The standard InChI is InChI=1S/C20H22N2O4/c23-19(17-11-13-6-7-14(17)10-13)21-22-20(24)18-9-8-16(26-18)12-25-15-4-2-1-3-5-15/h1-5,8-9,13-14,17H,6-7,10-12H2,(H,21,23)(H,22,24). The van der Waals surface area contributed by atoms with Crippen LogP contribution in [-0.4, -0.2) is 11.8 Å². The Bertz CT molecular complexity index is 786. The summed E-state index contributed by atoms with van der Waals surface area (Å²) in [6.07, 6.45) is 4.45. The van der Waals surface area contributed by atoms with Crippen molar-refractivity contribution in [1.29, 1.82) is 0 Å². The second-order valence-electron chi connectivity index (χ2n) is 7.09. The second kappa shape index (κ2) is 7.23. The lowest BCUT2D eigenvalue weighted by atomic mass is 9.88. The number of amides is 2. The van der Waals surface area contributed by atoms with Crippen LogP contribution in [0.3, 0.4) is 0 Å². The zero-order chi connectivity index (χ0) is 17.9. The van der Waals surface area contributed by atoms with Gasteiger partial charge in [-0.05, 0) is 55.4 Å². The molecule has 3 unspecified atom stereocenters. The van der Waals surface area contributed by atoms with E-state index in [9.17, 15) is 9.59 Å². The summed E-state index contributed by atoms with van der Waals surface area (Å²) in [4.78, 5) is 24.4. The van der Waals surface area contributed by atoms with Crippen LogP contribution in [0, 0.1) is 17.8 Å². The van der Waals surface area contributed by atoms with Gasteiger partial charge in [-0.2, -0.15) is 0 Å². The van der Waals surface area contributed by atoms with Gasteiger partial charge in [-0.25, -0.2) is 0 Å². The number of hydrazine groups is 1. The van der Waals surface area contributed by atoms with E-state index in [4.69, 9.17) is 9.15 Å². The summed E-state index contributed by atoms with van der Waals surface area (Å²) in [5.74, 6) is 2.04. The number of benzene rings is 1. The molecule has 1 aromatic heterocycles. The topological polar surface area (TPSA) is 80.6 Å². The summed E-state index contributed by atoms with van der Waals surface area (Å²) in [6.45, 7) is 0.231. The van der Waals surface area contributed by atoms with Crippen LogP contribution in [0.4, 0.5) is 0 Å². The summed E-state index contributed by atoms with van der Waals surface area (Å²) in [6, 6.07) is 12.6. The molecule has 6 nitrogen and oxygen atoms in total. The van der Waals surface area contributed by atoms with Crippen molar-refractivity contribution in [1.82, 2.24) is 10.9 Å². The third kappa shape index (κ3) is 3.59. The molecule has 2 bridgehead atoms. The Balaban J connectivity index is 1.26. The summed E-state index contributed by atoms with van der Waals surface area (Å²) in [5.41, 5.74) is 4.99. The number of ether oxygens (including phenoxy) is 1. The second-order valence-corrected chi connectivity index (χ2v) is 7.09. The van der Waals surface area contributed by atoms with E-state index in [2.05, 4.69) is 10.9 Å². The van der Waals surface area contributed by atoms with Gasteiger partial charge in [0.25, 0.3) is 0 Å². The van der Waals surface area contributed by atoms with E-state index in [0.29, 0.717) is 17.6 Å². The average molecular weight is 354 g/mol. The molecule has 2 aromatic rings. The lowest BCUT2D eigenvalue weighted by Gasteiger charge is -2.20. The van der Waals surface area contributed by atoms with Crippen LogP contribution in [-0.2, 0) is 11.4 Å². The number of fused-ring (bicyclic) bond motifs is 2. The molecule has 2 fully saturated rings. The molecule has 0 saturated heterocycles. The third-order valence-electron chi connectivity index (χ3n) is 5.38. The monoisotopic (exact) mass is 354 g/mol. The van der Waals surface area contributed by atoms with E-state index in [1.54, 1.807) is 12.1 Å². The Kier molecular flexibility index (Phi) is 4.65. The normalized spacial score (nSPS) is 23.6. The van der Waals surface area contributed by atoms with Crippen molar-refractivity contribution in [2.45, 2.75) is 32.3 Å². The highest BCUT2D eigenvalue weighted by Gasteiger charge is 2.43. The molecule has 0 aliphatic heterocycles. The molecular weight excluding hydrogens is 332 g/mol. The van der Waals surface area contributed by atoms with Crippen LogP contribution < -0.4 is 15.6 Å². The minimum atomic E-state index is -0.465. The van der Waals surface area contributed by atoms with Crippen molar-refractivity contribution in [3.63, 3.8) is 0 Å². The summed E-state index contributed by atoms with van der Waals surface area (Å²) < 4.78 is 11.1. The minimum Gasteiger partial charge on any atom is -0.486 e. The first kappa shape index (κ1) is 16.7. The predicted molar refractivity (Wildman–Crippen MR) is 94.0 cm³/mol. The van der Waals surface area contributed by atoms with Crippen LogP contribution in [0.15, 0.2) is 46.9 Å². The van der Waals surface area contributed by atoms with Crippen molar-refractivity contribution < 1.29 is 18.7 Å². The Morgan fingerprint density at radius 3 is 2.62 bits per heavy atom. The van der Waals surface area contributed by atoms with Crippen molar-refractivity contribution >= 4 is 11.8 Å². The number of hydrogen-bond acceptors (Lipinski definition) is 4. The quantitative estimate of drug-likeness (QED) is 0.809. The van der Waals surface area contributed by atoms with Crippen LogP contribution in [0.1, 0.15) is 42.0 Å². The maximum absolute atomic E-state index is 12.3. The smallest absolute Gasteiger partial charge is 0.305 e. The molecule has 4 rings (SSSR count). The van der Waals surface area contributed by atoms with E-state index in [-0.39, 0.29) is 24.2 Å². The van der Waals surface area contributed by atoms with E-state index in [1.807, 2.05) is 30.3 Å². The Morgan fingerprint density at radius 1 is 1.04 bits per heavy atom. The molecule has 1 heterocycles. The highest BCUT2D eigenvalue weighted by atomic mass is 16.5. The zero-order valence-corrected chi connectivity index (χ0v) is 14.4.